The number of anilines is 2. The molecule has 0 spiro atoms. The third kappa shape index (κ3) is 5.72. The third-order valence-corrected chi connectivity index (χ3v) is 5.86. The van der Waals surface area contributed by atoms with Crippen molar-refractivity contribution < 1.29 is 22.3 Å². The largest absolute Gasteiger partial charge is 0.439 e. The van der Waals surface area contributed by atoms with E-state index < -0.39 is 15.9 Å². The number of ether oxygens (including phenoxy) is 1. The number of carbonyl (C=O) groups excluding carboxylic acids is 1. The van der Waals surface area contributed by atoms with Gasteiger partial charge in [0.2, 0.25) is 5.88 Å². The molecular formula is C24H18FN3O4S. The second-order valence-electron chi connectivity index (χ2n) is 6.89. The number of pyridine rings is 1. The molecule has 0 unspecified atom stereocenters. The number of sulfonamides is 1. The van der Waals surface area contributed by atoms with Crippen LogP contribution in [0.4, 0.5) is 15.8 Å². The number of benzene rings is 3. The molecule has 0 atom stereocenters. The maximum Gasteiger partial charge on any atom is 0.261 e. The third-order valence-electron chi connectivity index (χ3n) is 4.46. The van der Waals surface area contributed by atoms with Gasteiger partial charge in [-0.1, -0.05) is 24.3 Å². The van der Waals surface area contributed by atoms with Crippen molar-refractivity contribution in [2.75, 3.05) is 10.0 Å². The fraction of sp³-hybridized carbons (Fsp3) is 0. The number of aromatic nitrogens is 1. The first kappa shape index (κ1) is 22.0. The van der Waals surface area contributed by atoms with Crippen molar-refractivity contribution in [1.29, 1.82) is 0 Å². The highest BCUT2D eigenvalue weighted by Gasteiger charge is 2.15. The second-order valence-corrected chi connectivity index (χ2v) is 8.58. The van der Waals surface area contributed by atoms with Crippen LogP contribution in [0.3, 0.4) is 0 Å². The summed E-state index contributed by atoms with van der Waals surface area (Å²) in [6, 6.07) is 22.7. The molecule has 0 aliphatic heterocycles. The van der Waals surface area contributed by atoms with Crippen molar-refractivity contribution in [2.45, 2.75) is 4.90 Å². The summed E-state index contributed by atoms with van der Waals surface area (Å²) in [5, 5.41) is 2.69. The van der Waals surface area contributed by atoms with Gasteiger partial charge in [-0.2, -0.15) is 0 Å². The molecule has 4 aromatic rings. The van der Waals surface area contributed by atoms with E-state index in [2.05, 4.69) is 15.0 Å². The molecule has 0 aliphatic carbocycles. The summed E-state index contributed by atoms with van der Waals surface area (Å²) in [5.41, 5.74) is 0.935. The smallest absolute Gasteiger partial charge is 0.261 e. The SMILES string of the molecule is O=C(Nc1ccc(Oc2ccc(F)cc2)nc1)c1cccc(NS(=O)(=O)c2ccccc2)c1. The second kappa shape index (κ2) is 9.49. The van der Waals surface area contributed by atoms with E-state index in [4.69, 9.17) is 4.74 Å². The van der Waals surface area contributed by atoms with E-state index >= 15 is 0 Å². The van der Waals surface area contributed by atoms with Gasteiger partial charge in [-0.3, -0.25) is 9.52 Å². The fourth-order valence-electron chi connectivity index (χ4n) is 2.88. The van der Waals surface area contributed by atoms with Crippen molar-refractivity contribution in [3.05, 3.63) is 109 Å². The standard InChI is InChI=1S/C24H18FN3O4S/c25-18-9-12-21(13-10-18)32-23-14-11-20(16-26-23)27-24(29)17-5-4-6-19(15-17)28-33(30,31)22-7-2-1-3-8-22/h1-16,28H,(H,27,29). The van der Waals surface area contributed by atoms with Crippen molar-refractivity contribution in [2.24, 2.45) is 0 Å². The summed E-state index contributed by atoms with van der Waals surface area (Å²) < 4.78 is 46.0. The molecule has 0 saturated heterocycles. The monoisotopic (exact) mass is 463 g/mol. The molecule has 0 fully saturated rings. The van der Waals surface area contributed by atoms with Crippen LogP contribution in [0.25, 0.3) is 0 Å². The summed E-state index contributed by atoms with van der Waals surface area (Å²) >= 11 is 0. The zero-order valence-electron chi connectivity index (χ0n) is 17.1. The van der Waals surface area contributed by atoms with Crippen molar-refractivity contribution >= 4 is 27.3 Å². The number of nitrogens with zero attached hydrogens (tertiary/aromatic N) is 1. The van der Waals surface area contributed by atoms with E-state index in [9.17, 15) is 17.6 Å². The molecule has 1 heterocycles. The first-order valence-electron chi connectivity index (χ1n) is 9.78. The summed E-state index contributed by atoms with van der Waals surface area (Å²) in [4.78, 5) is 16.9. The minimum Gasteiger partial charge on any atom is -0.439 e. The van der Waals surface area contributed by atoms with Crippen LogP contribution in [-0.2, 0) is 10.0 Å². The molecule has 0 aliphatic rings. The highest BCUT2D eigenvalue weighted by atomic mass is 32.2. The molecule has 0 bridgehead atoms. The average Bonchev–Trinajstić information content (AvgIpc) is 2.82. The van der Waals surface area contributed by atoms with Crippen molar-refractivity contribution in [3.8, 4) is 11.6 Å². The van der Waals surface area contributed by atoms with Crippen LogP contribution in [0.1, 0.15) is 10.4 Å². The van der Waals surface area contributed by atoms with Crippen molar-refractivity contribution in [3.63, 3.8) is 0 Å². The number of halogens is 1. The van der Waals surface area contributed by atoms with Crippen LogP contribution in [0.2, 0.25) is 0 Å². The van der Waals surface area contributed by atoms with E-state index in [1.54, 1.807) is 48.5 Å². The van der Waals surface area contributed by atoms with Gasteiger partial charge in [0.15, 0.2) is 0 Å². The Kier molecular flexibility index (Phi) is 6.32. The van der Waals surface area contributed by atoms with Crippen LogP contribution in [0, 0.1) is 5.82 Å². The normalized spacial score (nSPS) is 10.9. The van der Waals surface area contributed by atoms with Crippen LogP contribution in [-0.4, -0.2) is 19.3 Å². The number of hydrogen-bond donors (Lipinski definition) is 2. The van der Waals surface area contributed by atoms with Gasteiger partial charge in [-0.25, -0.2) is 17.8 Å². The molecule has 4 rings (SSSR count). The number of amides is 1. The Labute approximate surface area is 189 Å². The van der Waals surface area contributed by atoms with Gasteiger partial charge in [0.05, 0.1) is 16.8 Å². The van der Waals surface area contributed by atoms with E-state index in [0.29, 0.717) is 11.4 Å². The summed E-state index contributed by atoms with van der Waals surface area (Å²) in [7, 11) is -3.77. The minimum atomic E-state index is -3.77. The van der Waals surface area contributed by atoms with E-state index in [1.165, 1.54) is 48.7 Å². The van der Waals surface area contributed by atoms with Crippen LogP contribution in [0.15, 0.2) is 102 Å². The molecule has 166 valence electrons. The van der Waals surface area contributed by atoms with Crippen molar-refractivity contribution in [1.82, 2.24) is 4.98 Å². The van der Waals surface area contributed by atoms with Gasteiger partial charge in [0.25, 0.3) is 15.9 Å². The predicted molar refractivity (Wildman–Crippen MR) is 122 cm³/mol. The van der Waals surface area contributed by atoms with E-state index in [1.807, 2.05) is 0 Å². The van der Waals surface area contributed by atoms with Gasteiger partial charge in [-0.15, -0.1) is 0 Å². The lowest BCUT2D eigenvalue weighted by atomic mass is 10.2. The van der Waals surface area contributed by atoms with Crippen LogP contribution >= 0.6 is 0 Å². The van der Waals surface area contributed by atoms with Gasteiger partial charge in [0.1, 0.15) is 11.6 Å². The maximum atomic E-state index is 13.0. The number of carbonyl (C=O) groups is 1. The van der Waals surface area contributed by atoms with Crippen LogP contribution < -0.4 is 14.8 Å². The van der Waals surface area contributed by atoms with Crippen LogP contribution in [0.5, 0.6) is 11.6 Å². The lowest BCUT2D eigenvalue weighted by Gasteiger charge is -2.10. The predicted octanol–water partition coefficient (Wildman–Crippen LogP) is 5.07. The quantitative estimate of drug-likeness (QED) is 0.399. The first-order chi connectivity index (χ1) is 15.9. The van der Waals surface area contributed by atoms with Gasteiger partial charge < -0.3 is 10.1 Å². The van der Waals surface area contributed by atoms with Gasteiger partial charge in [-0.05, 0) is 60.7 Å². The maximum absolute atomic E-state index is 13.0. The van der Waals surface area contributed by atoms with Gasteiger partial charge >= 0.3 is 0 Å². The van der Waals surface area contributed by atoms with E-state index in [-0.39, 0.29) is 27.8 Å². The Morgan fingerprint density at radius 3 is 2.30 bits per heavy atom. The molecule has 1 aromatic heterocycles. The molecule has 9 heteroatoms. The highest BCUT2D eigenvalue weighted by molar-refractivity contribution is 7.92. The first-order valence-corrected chi connectivity index (χ1v) is 11.3. The number of rotatable bonds is 7. The Morgan fingerprint density at radius 1 is 0.848 bits per heavy atom. The molecule has 3 aromatic carbocycles. The molecular weight excluding hydrogens is 445 g/mol. The topological polar surface area (TPSA) is 97.4 Å². The summed E-state index contributed by atoms with van der Waals surface area (Å²) in [5.74, 6) is -0.109. The van der Waals surface area contributed by atoms with Gasteiger partial charge in [0, 0.05) is 17.3 Å². The Balaban J connectivity index is 1.42. The molecule has 0 radical (unpaired) electrons. The number of hydrogen-bond acceptors (Lipinski definition) is 5. The molecule has 33 heavy (non-hydrogen) atoms. The molecule has 1 amide bonds. The lowest BCUT2D eigenvalue weighted by molar-refractivity contribution is 0.102. The zero-order valence-corrected chi connectivity index (χ0v) is 17.9. The summed E-state index contributed by atoms with van der Waals surface area (Å²) in [6.07, 6.45) is 1.42. The Bertz CT molecular complexity index is 1360. The van der Waals surface area contributed by atoms with E-state index in [0.717, 1.165) is 0 Å². The molecule has 0 saturated carbocycles. The lowest BCUT2D eigenvalue weighted by Crippen LogP contribution is -2.15. The Hall–Kier alpha value is -4.24. The Morgan fingerprint density at radius 2 is 1.61 bits per heavy atom. The zero-order chi connectivity index (χ0) is 23.3. The minimum absolute atomic E-state index is 0.119. The number of nitrogens with one attached hydrogen (secondary N) is 2. The average molecular weight is 463 g/mol. The highest BCUT2D eigenvalue weighted by Crippen LogP contribution is 2.22. The summed E-state index contributed by atoms with van der Waals surface area (Å²) in [6.45, 7) is 0. The molecule has 7 nitrogen and oxygen atoms in total. The fourth-order valence-corrected chi connectivity index (χ4v) is 3.95. The molecule has 2 N–H and O–H groups in total.